The molecule has 1 aromatic carbocycles. The van der Waals surface area contributed by atoms with Crippen LogP contribution in [0.2, 0.25) is 0 Å². The fourth-order valence-electron chi connectivity index (χ4n) is 2.96. The SMILES string of the molecule is CC1CCCCC1CNCc1cc(F)ccc1[N+](=O)[O-]. The Morgan fingerprint density at radius 3 is 2.85 bits per heavy atom. The molecule has 1 N–H and O–H groups in total. The van der Waals surface area contributed by atoms with Crippen molar-refractivity contribution in [2.45, 2.75) is 39.2 Å². The fraction of sp³-hybridized carbons (Fsp3) is 0.600. The first-order chi connectivity index (χ1) is 9.58. The Bertz CT molecular complexity index is 479. The van der Waals surface area contributed by atoms with Crippen LogP contribution in [0.3, 0.4) is 0 Å². The quantitative estimate of drug-likeness (QED) is 0.661. The van der Waals surface area contributed by atoms with Crippen LogP contribution < -0.4 is 5.32 Å². The highest BCUT2D eigenvalue weighted by molar-refractivity contribution is 5.40. The average Bonchev–Trinajstić information content (AvgIpc) is 2.41. The third-order valence-electron chi connectivity index (χ3n) is 4.25. The average molecular weight is 280 g/mol. The first kappa shape index (κ1) is 14.9. The van der Waals surface area contributed by atoms with E-state index < -0.39 is 10.7 Å². The summed E-state index contributed by atoms with van der Waals surface area (Å²) >= 11 is 0. The molecule has 1 saturated carbocycles. The van der Waals surface area contributed by atoms with E-state index in [1.165, 1.54) is 37.8 Å². The normalized spacial score (nSPS) is 22.7. The predicted molar refractivity (Wildman–Crippen MR) is 75.9 cm³/mol. The molecule has 0 spiro atoms. The summed E-state index contributed by atoms with van der Waals surface area (Å²) in [5, 5.41) is 14.2. The van der Waals surface area contributed by atoms with Crippen LogP contribution >= 0.6 is 0 Å². The minimum atomic E-state index is -0.459. The van der Waals surface area contributed by atoms with E-state index in [0.717, 1.165) is 12.6 Å². The van der Waals surface area contributed by atoms with Crippen LogP contribution in [0.1, 0.15) is 38.2 Å². The lowest BCUT2D eigenvalue weighted by atomic mass is 9.80. The fourth-order valence-corrected chi connectivity index (χ4v) is 2.96. The highest BCUT2D eigenvalue weighted by atomic mass is 19.1. The summed E-state index contributed by atoms with van der Waals surface area (Å²) in [6, 6.07) is 3.61. The number of nitro benzene ring substituents is 1. The van der Waals surface area contributed by atoms with Gasteiger partial charge in [-0.25, -0.2) is 4.39 Å². The molecule has 0 heterocycles. The van der Waals surface area contributed by atoms with Crippen LogP contribution in [-0.4, -0.2) is 11.5 Å². The second kappa shape index (κ2) is 6.79. The lowest BCUT2D eigenvalue weighted by Gasteiger charge is -2.28. The van der Waals surface area contributed by atoms with Crippen LogP contribution in [0.15, 0.2) is 18.2 Å². The van der Waals surface area contributed by atoms with Crippen molar-refractivity contribution in [3.63, 3.8) is 0 Å². The molecule has 1 aromatic rings. The molecule has 110 valence electrons. The number of nitrogens with one attached hydrogen (secondary N) is 1. The summed E-state index contributed by atoms with van der Waals surface area (Å²) in [7, 11) is 0. The Hall–Kier alpha value is -1.49. The van der Waals surface area contributed by atoms with E-state index in [2.05, 4.69) is 12.2 Å². The van der Waals surface area contributed by atoms with E-state index in [1.807, 2.05) is 0 Å². The zero-order chi connectivity index (χ0) is 14.5. The van der Waals surface area contributed by atoms with Gasteiger partial charge in [-0.15, -0.1) is 0 Å². The predicted octanol–water partition coefficient (Wildman–Crippen LogP) is 3.65. The minimum Gasteiger partial charge on any atom is -0.312 e. The summed E-state index contributed by atoms with van der Waals surface area (Å²) in [4.78, 5) is 10.4. The molecule has 4 nitrogen and oxygen atoms in total. The molecule has 0 amide bonds. The van der Waals surface area contributed by atoms with Crippen LogP contribution in [0.5, 0.6) is 0 Å². The van der Waals surface area contributed by atoms with E-state index in [-0.39, 0.29) is 5.69 Å². The summed E-state index contributed by atoms with van der Waals surface area (Å²) in [6.45, 7) is 3.45. The number of halogens is 1. The van der Waals surface area contributed by atoms with E-state index in [9.17, 15) is 14.5 Å². The third-order valence-corrected chi connectivity index (χ3v) is 4.25. The van der Waals surface area contributed by atoms with Crippen LogP contribution in [-0.2, 0) is 6.54 Å². The molecular formula is C15H21FN2O2. The van der Waals surface area contributed by atoms with Crippen LogP contribution in [0.25, 0.3) is 0 Å². The van der Waals surface area contributed by atoms with E-state index in [0.29, 0.717) is 23.9 Å². The Kier molecular flexibility index (Phi) is 5.06. The summed E-state index contributed by atoms with van der Waals surface area (Å²) in [5.74, 6) is 0.883. The molecule has 2 rings (SSSR count). The zero-order valence-electron chi connectivity index (χ0n) is 11.8. The molecule has 1 fully saturated rings. The van der Waals surface area contributed by atoms with Gasteiger partial charge in [-0.3, -0.25) is 10.1 Å². The molecule has 0 radical (unpaired) electrons. The summed E-state index contributed by atoms with van der Waals surface area (Å²) in [5.41, 5.74) is 0.397. The smallest absolute Gasteiger partial charge is 0.274 e. The van der Waals surface area contributed by atoms with Gasteiger partial charge >= 0.3 is 0 Å². The van der Waals surface area contributed by atoms with Crippen LogP contribution in [0.4, 0.5) is 10.1 Å². The zero-order valence-corrected chi connectivity index (χ0v) is 11.8. The van der Waals surface area contributed by atoms with Gasteiger partial charge in [0.05, 0.1) is 4.92 Å². The summed E-state index contributed by atoms with van der Waals surface area (Å²) in [6.07, 6.45) is 5.02. The second-order valence-electron chi connectivity index (χ2n) is 5.68. The summed E-state index contributed by atoms with van der Waals surface area (Å²) < 4.78 is 13.2. The van der Waals surface area contributed by atoms with Crippen molar-refractivity contribution in [1.82, 2.24) is 5.32 Å². The van der Waals surface area contributed by atoms with Crippen molar-refractivity contribution < 1.29 is 9.31 Å². The van der Waals surface area contributed by atoms with Crippen LogP contribution in [0, 0.1) is 27.8 Å². The lowest BCUT2D eigenvalue weighted by molar-refractivity contribution is -0.385. The molecular weight excluding hydrogens is 259 g/mol. The number of nitrogens with zero attached hydrogens (tertiary/aromatic N) is 1. The van der Waals surface area contributed by atoms with Crippen molar-refractivity contribution in [2.24, 2.45) is 11.8 Å². The van der Waals surface area contributed by atoms with Crippen molar-refractivity contribution in [1.29, 1.82) is 0 Å². The standard InChI is InChI=1S/C15H21FN2O2/c1-11-4-2-3-5-12(11)9-17-10-13-8-14(16)6-7-15(13)18(19)20/h6-8,11-12,17H,2-5,9-10H2,1H3. The van der Waals surface area contributed by atoms with Crippen molar-refractivity contribution in [2.75, 3.05) is 6.54 Å². The Morgan fingerprint density at radius 2 is 2.15 bits per heavy atom. The maximum absolute atomic E-state index is 13.2. The van der Waals surface area contributed by atoms with Gasteiger partial charge in [-0.1, -0.05) is 26.2 Å². The Labute approximate surface area is 118 Å². The Morgan fingerprint density at radius 1 is 1.40 bits per heavy atom. The number of hydrogen-bond donors (Lipinski definition) is 1. The number of benzene rings is 1. The minimum absolute atomic E-state index is 0.0180. The largest absolute Gasteiger partial charge is 0.312 e. The van der Waals surface area contributed by atoms with Gasteiger partial charge in [-0.05, 0) is 36.9 Å². The van der Waals surface area contributed by atoms with Gasteiger partial charge in [0.2, 0.25) is 0 Å². The molecule has 0 aromatic heterocycles. The molecule has 1 aliphatic rings. The second-order valence-corrected chi connectivity index (χ2v) is 5.68. The number of nitro groups is 1. The monoisotopic (exact) mass is 280 g/mol. The molecule has 2 unspecified atom stereocenters. The molecule has 1 aliphatic carbocycles. The van der Waals surface area contributed by atoms with Gasteiger partial charge in [0, 0.05) is 18.2 Å². The molecule has 0 aliphatic heterocycles. The van der Waals surface area contributed by atoms with Crippen molar-refractivity contribution >= 4 is 5.69 Å². The third kappa shape index (κ3) is 3.76. The van der Waals surface area contributed by atoms with E-state index in [4.69, 9.17) is 0 Å². The highest BCUT2D eigenvalue weighted by Crippen LogP contribution is 2.29. The van der Waals surface area contributed by atoms with Crippen molar-refractivity contribution in [3.05, 3.63) is 39.7 Å². The lowest BCUT2D eigenvalue weighted by Crippen LogP contribution is -2.29. The van der Waals surface area contributed by atoms with E-state index in [1.54, 1.807) is 0 Å². The highest BCUT2D eigenvalue weighted by Gasteiger charge is 2.21. The van der Waals surface area contributed by atoms with E-state index >= 15 is 0 Å². The van der Waals surface area contributed by atoms with Gasteiger partial charge in [0.15, 0.2) is 0 Å². The number of hydrogen-bond acceptors (Lipinski definition) is 3. The molecule has 2 atom stereocenters. The maximum Gasteiger partial charge on any atom is 0.274 e. The van der Waals surface area contributed by atoms with Gasteiger partial charge in [-0.2, -0.15) is 0 Å². The van der Waals surface area contributed by atoms with Gasteiger partial charge < -0.3 is 5.32 Å². The van der Waals surface area contributed by atoms with Gasteiger partial charge in [0.1, 0.15) is 5.82 Å². The molecule has 0 saturated heterocycles. The van der Waals surface area contributed by atoms with Gasteiger partial charge in [0.25, 0.3) is 5.69 Å². The topological polar surface area (TPSA) is 55.2 Å². The Balaban J connectivity index is 1.93. The first-order valence-electron chi connectivity index (χ1n) is 7.21. The molecule has 20 heavy (non-hydrogen) atoms. The molecule has 5 heteroatoms. The first-order valence-corrected chi connectivity index (χ1v) is 7.21. The maximum atomic E-state index is 13.2. The number of rotatable bonds is 5. The van der Waals surface area contributed by atoms with Crippen molar-refractivity contribution in [3.8, 4) is 0 Å². The molecule has 0 bridgehead atoms.